The molecule has 0 aliphatic carbocycles. The van der Waals surface area contributed by atoms with Crippen molar-refractivity contribution >= 4 is 29.9 Å². The van der Waals surface area contributed by atoms with Gasteiger partial charge in [-0.2, -0.15) is 10.2 Å². The molecule has 1 saturated heterocycles. The fourth-order valence-corrected chi connectivity index (χ4v) is 4.63. The van der Waals surface area contributed by atoms with Crippen molar-refractivity contribution in [2.24, 2.45) is 12.1 Å². The molecule has 1 fully saturated rings. The SMILES string of the molecule is CC(=O)N(C(C)=O)c1cc(-c2cc(OC3CN(C(=O)N4N=CC[C@H]4c4cc(F)cc(F)c4)C3)c(F)cn2)n(C)n1. The molecule has 208 valence electrons. The van der Waals surface area contributed by atoms with Gasteiger partial charge in [-0.25, -0.2) is 27.9 Å². The first kappa shape index (κ1) is 26.8. The average molecular weight is 556 g/mol. The van der Waals surface area contributed by atoms with E-state index in [1.807, 2.05) is 0 Å². The van der Waals surface area contributed by atoms with Gasteiger partial charge in [0.15, 0.2) is 17.4 Å². The molecule has 0 N–H and O–H groups in total. The predicted molar refractivity (Wildman–Crippen MR) is 136 cm³/mol. The Hall–Kier alpha value is -4.75. The van der Waals surface area contributed by atoms with Gasteiger partial charge in [-0.05, 0) is 17.7 Å². The van der Waals surface area contributed by atoms with Crippen LogP contribution in [0.4, 0.5) is 23.8 Å². The number of imide groups is 1. The van der Waals surface area contributed by atoms with E-state index in [1.54, 1.807) is 7.05 Å². The first-order valence-electron chi connectivity index (χ1n) is 12.3. The Labute approximate surface area is 226 Å². The third kappa shape index (κ3) is 5.11. The predicted octanol–water partition coefficient (Wildman–Crippen LogP) is 3.41. The number of rotatable bonds is 5. The highest BCUT2D eigenvalue weighted by Gasteiger charge is 2.39. The number of halogens is 3. The molecule has 11 nitrogen and oxygen atoms in total. The van der Waals surface area contributed by atoms with Crippen LogP contribution < -0.4 is 9.64 Å². The molecule has 5 rings (SSSR count). The average Bonchev–Trinajstić information content (AvgIpc) is 3.48. The number of carbonyl (C=O) groups is 3. The summed E-state index contributed by atoms with van der Waals surface area (Å²) in [5.74, 6) is -3.24. The molecular weight excluding hydrogens is 531 g/mol. The third-order valence-corrected chi connectivity index (χ3v) is 6.52. The number of aromatic nitrogens is 3. The second-order valence-electron chi connectivity index (χ2n) is 9.41. The van der Waals surface area contributed by atoms with Crippen molar-refractivity contribution < 1.29 is 32.3 Å². The van der Waals surface area contributed by atoms with E-state index in [0.29, 0.717) is 12.1 Å². The highest BCUT2D eigenvalue weighted by molar-refractivity contribution is 6.12. The number of nitrogens with zero attached hydrogens (tertiary/aromatic N) is 7. The van der Waals surface area contributed by atoms with Crippen LogP contribution in [-0.2, 0) is 16.6 Å². The monoisotopic (exact) mass is 555 g/mol. The fraction of sp³-hybridized carbons (Fsp3) is 0.308. The summed E-state index contributed by atoms with van der Waals surface area (Å²) in [6, 6.07) is 4.81. The second kappa shape index (κ2) is 10.4. The Morgan fingerprint density at radius 1 is 1.00 bits per heavy atom. The number of hydrazone groups is 1. The summed E-state index contributed by atoms with van der Waals surface area (Å²) in [6.07, 6.45) is 2.26. The quantitative estimate of drug-likeness (QED) is 0.477. The van der Waals surface area contributed by atoms with Crippen molar-refractivity contribution in [2.75, 3.05) is 18.0 Å². The maximum atomic E-state index is 14.6. The number of urea groups is 1. The third-order valence-electron chi connectivity index (χ3n) is 6.52. The van der Waals surface area contributed by atoms with E-state index in [4.69, 9.17) is 4.74 Å². The van der Waals surface area contributed by atoms with E-state index in [1.165, 1.54) is 46.8 Å². The Morgan fingerprint density at radius 3 is 2.33 bits per heavy atom. The number of ether oxygens (including phenoxy) is 1. The highest BCUT2D eigenvalue weighted by Crippen LogP contribution is 2.33. The Morgan fingerprint density at radius 2 is 1.68 bits per heavy atom. The largest absolute Gasteiger partial charge is 0.483 e. The number of carbonyl (C=O) groups excluding carboxylic acids is 3. The Bertz CT molecular complexity index is 1500. The molecule has 0 unspecified atom stereocenters. The number of likely N-dealkylation sites (tertiary alicyclic amines) is 1. The smallest absolute Gasteiger partial charge is 0.341 e. The molecular formula is C26H24F3N7O4. The van der Waals surface area contributed by atoms with Crippen LogP contribution in [0.2, 0.25) is 0 Å². The van der Waals surface area contributed by atoms with E-state index in [0.717, 1.165) is 29.3 Å². The van der Waals surface area contributed by atoms with Crippen LogP contribution in [-0.4, -0.2) is 67.9 Å². The first-order valence-corrected chi connectivity index (χ1v) is 12.3. The van der Waals surface area contributed by atoms with Crippen LogP contribution in [0.5, 0.6) is 5.75 Å². The lowest BCUT2D eigenvalue weighted by Crippen LogP contribution is -2.58. The zero-order chi connectivity index (χ0) is 28.7. The van der Waals surface area contributed by atoms with Crippen LogP contribution in [0.3, 0.4) is 0 Å². The summed E-state index contributed by atoms with van der Waals surface area (Å²) >= 11 is 0. The molecule has 14 heteroatoms. The van der Waals surface area contributed by atoms with E-state index >= 15 is 0 Å². The lowest BCUT2D eigenvalue weighted by molar-refractivity contribution is -0.124. The number of pyridine rings is 1. The van der Waals surface area contributed by atoms with Crippen LogP contribution in [0.1, 0.15) is 31.9 Å². The number of anilines is 1. The topological polar surface area (TPSA) is 113 Å². The molecule has 3 aromatic rings. The molecule has 0 bridgehead atoms. The molecule has 1 aromatic carbocycles. The van der Waals surface area contributed by atoms with E-state index in [9.17, 15) is 27.6 Å². The van der Waals surface area contributed by atoms with Crippen molar-refractivity contribution in [1.82, 2.24) is 24.7 Å². The van der Waals surface area contributed by atoms with Gasteiger partial charge in [0.2, 0.25) is 11.8 Å². The van der Waals surface area contributed by atoms with Crippen LogP contribution in [0.15, 0.2) is 41.6 Å². The minimum Gasteiger partial charge on any atom is -0.483 e. The molecule has 2 aliphatic heterocycles. The summed E-state index contributed by atoms with van der Waals surface area (Å²) in [5, 5.41) is 9.44. The molecule has 1 atom stereocenters. The van der Waals surface area contributed by atoms with E-state index in [2.05, 4.69) is 15.2 Å². The van der Waals surface area contributed by atoms with Gasteiger partial charge in [-0.3, -0.25) is 19.3 Å². The number of benzene rings is 1. The summed E-state index contributed by atoms with van der Waals surface area (Å²) in [7, 11) is 1.59. The molecule has 0 spiro atoms. The normalized spacial score (nSPS) is 16.7. The summed E-state index contributed by atoms with van der Waals surface area (Å²) in [5.41, 5.74) is 0.981. The zero-order valence-electron chi connectivity index (χ0n) is 21.7. The summed E-state index contributed by atoms with van der Waals surface area (Å²) < 4.78 is 49.2. The first-order chi connectivity index (χ1) is 19.0. The van der Waals surface area contributed by atoms with Gasteiger partial charge in [-0.15, -0.1) is 0 Å². The van der Waals surface area contributed by atoms with Crippen LogP contribution in [0, 0.1) is 17.5 Å². The molecule has 4 amide bonds. The summed E-state index contributed by atoms with van der Waals surface area (Å²) in [4.78, 5) is 43.2. The fourth-order valence-electron chi connectivity index (χ4n) is 4.63. The molecule has 2 aliphatic rings. The Balaban J connectivity index is 1.26. The van der Waals surface area contributed by atoms with Crippen molar-refractivity contribution in [3.8, 4) is 17.1 Å². The number of amides is 4. The van der Waals surface area contributed by atoms with Crippen molar-refractivity contribution in [3.63, 3.8) is 0 Å². The second-order valence-corrected chi connectivity index (χ2v) is 9.41. The lowest BCUT2D eigenvalue weighted by Gasteiger charge is -2.41. The maximum absolute atomic E-state index is 14.6. The van der Waals surface area contributed by atoms with Crippen molar-refractivity contribution in [1.29, 1.82) is 0 Å². The molecule has 40 heavy (non-hydrogen) atoms. The number of hydrogen-bond acceptors (Lipinski definition) is 7. The van der Waals surface area contributed by atoms with Crippen molar-refractivity contribution in [3.05, 3.63) is 59.5 Å². The van der Waals surface area contributed by atoms with Gasteiger partial charge in [0.1, 0.15) is 17.7 Å². The van der Waals surface area contributed by atoms with Crippen molar-refractivity contribution in [2.45, 2.75) is 32.4 Å². The van der Waals surface area contributed by atoms with Crippen LogP contribution >= 0.6 is 0 Å². The maximum Gasteiger partial charge on any atom is 0.341 e. The van der Waals surface area contributed by atoms with Gasteiger partial charge in [0.25, 0.3) is 0 Å². The lowest BCUT2D eigenvalue weighted by atomic mass is 10.0. The van der Waals surface area contributed by atoms with E-state index in [-0.39, 0.29) is 35.9 Å². The van der Waals surface area contributed by atoms with Gasteiger partial charge < -0.3 is 9.64 Å². The van der Waals surface area contributed by atoms with Gasteiger partial charge in [0, 0.05) is 51.7 Å². The minimum atomic E-state index is -0.747. The molecule has 4 heterocycles. The van der Waals surface area contributed by atoms with Crippen LogP contribution in [0.25, 0.3) is 11.4 Å². The highest BCUT2D eigenvalue weighted by atomic mass is 19.1. The number of hydrogen-bond donors (Lipinski definition) is 0. The van der Waals surface area contributed by atoms with Gasteiger partial charge in [-0.1, -0.05) is 0 Å². The molecule has 0 saturated carbocycles. The zero-order valence-corrected chi connectivity index (χ0v) is 21.7. The standard InChI is InChI=1S/C26H24F3N7O4/c1-14(37)35(15(2)38)25-10-23(33(3)32-25)21-9-24(20(29)11-30-21)40-19-12-34(13-19)26(39)36-22(4-5-31-36)16-6-17(27)8-18(28)7-16/h5-11,19,22H,4,12-13H2,1-3H3/t22-/m0/s1. The van der Waals surface area contributed by atoms with Gasteiger partial charge in [0.05, 0.1) is 36.7 Å². The minimum absolute atomic E-state index is 0.100. The number of aryl methyl sites for hydroxylation is 1. The molecule has 2 aromatic heterocycles. The summed E-state index contributed by atoms with van der Waals surface area (Å²) in [6.45, 7) is 2.74. The molecule has 0 radical (unpaired) electrons. The van der Waals surface area contributed by atoms with Gasteiger partial charge >= 0.3 is 6.03 Å². The van der Waals surface area contributed by atoms with E-state index < -0.39 is 47.4 Å². The Kier molecular flexibility index (Phi) is 7.00.